The van der Waals surface area contributed by atoms with Crippen LogP contribution in [0.4, 0.5) is 13.2 Å². The quantitative estimate of drug-likeness (QED) is 0.504. The van der Waals surface area contributed by atoms with E-state index in [0.29, 0.717) is 27.7 Å². The third kappa shape index (κ3) is 3.83. The molecular formula is C15H14ClF3N4OS. The Bertz CT molecular complexity index is 900. The Balaban J connectivity index is 2.08. The first-order valence-corrected chi connectivity index (χ1v) is 8.93. The van der Waals surface area contributed by atoms with E-state index in [1.54, 1.807) is 12.1 Å². The van der Waals surface area contributed by atoms with Gasteiger partial charge in [0.25, 0.3) is 0 Å². The Hall–Kier alpha value is -1.58. The highest BCUT2D eigenvalue weighted by Gasteiger charge is 2.38. The van der Waals surface area contributed by atoms with Gasteiger partial charge in [0.05, 0.1) is 11.0 Å². The number of rotatable bonds is 6. The van der Waals surface area contributed by atoms with Gasteiger partial charge in [-0.25, -0.2) is 4.98 Å². The lowest BCUT2D eigenvalue weighted by Crippen LogP contribution is -2.11. The topological polar surface area (TPSA) is 63.3 Å². The molecule has 2 aromatic heterocycles. The van der Waals surface area contributed by atoms with Crippen LogP contribution in [0.2, 0.25) is 5.02 Å². The first kappa shape index (κ1) is 18.2. The Morgan fingerprint density at radius 3 is 2.68 bits per heavy atom. The molecule has 1 N–H and O–H groups in total. The standard InChI is InChI=1S/C15H14ClF3N4OS/c16-9-4-5-10-11(8-9)23-12(21-22-14(23)15(17,18)19)13(20-10)25-7-3-1-2-6-24/h4-5,8,24H,1-3,6-7H2. The predicted molar refractivity (Wildman–Crippen MR) is 90.0 cm³/mol. The van der Waals surface area contributed by atoms with E-state index in [9.17, 15) is 13.2 Å². The Labute approximate surface area is 150 Å². The second-order valence-corrected chi connectivity index (χ2v) is 6.88. The van der Waals surface area contributed by atoms with Crippen LogP contribution in [-0.4, -0.2) is 37.0 Å². The number of nitrogens with zero attached hydrogens (tertiary/aromatic N) is 4. The van der Waals surface area contributed by atoms with Gasteiger partial charge in [-0.1, -0.05) is 18.0 Å². The fourth-order valence-corrected chi connectivity index (χ4v) is 3.55. The van der Waals surface area contributed by atoms with Gasteiger partial charge in [-0.2, -0.15) is 13.2 Å². The molecular weight excluding hydrogens is 377 g/mol. The zero-order chi connectivity index (χ0) is 18.0. The van der Waals surface area contributed by atoms with Crippen LogP contribution in [0.25, 0.3) is 16.7 Å². The monoisotopic (exact) mass is 390 g/mol. The van der Waals surface area contributed by atoms with Crippen molar-refractivity contribution >= 4 is 40.0 Å². The van der Waals surface area contributed by atoms with E-state index < -0.39 is 12.0 Å². The van der Waals surface area contributed by atoms with E-state index in [-0.39, 0.29) is 17.8 Å². The van der Waals surface area contributed by atoms with Crippen LogP contribution < -0.4 is 0 Å². The van der Waals surface area contributed by atoms with Crippen LogP contribution in [0, 0.1) is 0 Å². The number of benzene rings is 1. The van der Waals surface area contributed by atoms with E-state index >= 15 is 0 Å². The van der Waals surface area contributed by atoms with Gasteiger partial charge in [-0.15, -0.1) is 22.0 Å². The summed E-state index contributed by atoms with van der Waals surface area (Å²) in [6, 6.07) is 4.58. The molecule has 0 spiro atoms. The number of aliphatic hydroxyl groups is 1. The van der Waals surface area contributed by atoms with Gasteiger partial charge in [-0.05, 0) is 36.8 Å². The number of hydrogen-bond acceptors (Lipinski definition) is 5. The van der Waals surface area contributed by atoms with Crippen molar-refractivity contribution in [3.05, 3.63) is 29.0 Å². The van der Waals surface area contributed by atoms with E-state index in [1.807, 2.05) is 0 Å². The lowest BCUT2D eigenvalue weighted by molar-refractivity contribution is -0.145. The molecule has 5 nitrogen and oxygen atoms in total. The molecule has 10 heteroatoms. The minimum Gasteiger partial charge on any atom is -0.396 e. The van der Waals surface area contributed by atoms with Crippen LogP contribution >= 0.6 is 23.4 Å². The average Bonchev–Trinajstić information content (AvgIpc) is 3.01. The molecule has 134 valence electrons. The van der Waals surface area contributed by atoms with Crippen molar-refractivity contribution in [2.75, 3.05) is 12.4 Å². The van der Waals surface area contributed by atoms with E-state index in [2.05, 4.69) is 15.2 Å². The average molecular weight is 391 g/mol. The summed E-state index contributed by atoms with van der Waals surface area (Å²) >= 11 is 7.26. The molecule has 0 aliphatic heterocycles. The van der Waals surface area contributed by atoms with Gasteiger partial charge < -0.3 is 5.11 Å². The largest absolute Gasteiger partial charge is 0.452 e. The van der Waals surface area contributed by atoms with Crippen molar-refractivity contribution in [3.63, 3.8) is 0 Å². The first-order valence-electron chi connectivity index (χ1n) is 7.57. The summed E-state index contributed by atoms with van der Waals surface area (Å²) in [5, 5.41) is 16.5. The number of thioether (sulfide) groups is 1. The minimum absolute atomic E-state index is 0.0641. The highest BCUT2D eigenvalue weighted by Crippen LogP contribution is 2.33. The van der Waals surface area contributed by atoms with Crippen molar-refractivity contribution in [2.45, 2.75) is 30.5 Å². The lowest BCUT2D eigenvalue weighted by Gasteiger charge is -2.10. The van der Waals surface area contributed by atoms with Crippen LogP contribution in [-0.2, 0) is 6.18 Å². The van der Waals surface area contributed by atoms with Gasteiger partial charge in [0.1, 0.15) is 5.03 Å². The molecule has 25 heavy (non-hydrogen) atoms. The summed E-state index contributed by atoms with van der Waals surface area (Å²) in [6.45, 7) is 0.128. The Kier molecular flexibility index (Phi) is 5.35. The second kappa shape index (κ2) is 7.35. The highest BCUT2D eigenvalue weighted by atomic mass is 35.5. The number of hydrogen-bond donors (Lipinski definition) is 1. The molecule has 0 fully saturated rings. The maximum absolute atomic E-state index is 13.3. The molecule has 3 rings (SSSR count). The van der Waals surface area contributed by atoms with E-state index in [1.165, 1.54) is 17.8 Å². The minimum atomic E-state index is -4.64. The fourth-order valence-electron chi connectivity index (χ4n) is 2.42. The number of aliphatic hydroxyl groups excluding tert-OH is 1. The van der Waals surface area contributed by atoms with Crippen molar-refractivity contribution in [2.24, 2.45) is 0 Å². The van der Waals surface area contributed by atoms with E-state index in [4.69, 9.17) is 16.7 Å². The summed E-state index contributed by atoms with van der Waals surface area (Å²) < 4.78 is 40.8. The summed E-state index contributed by atoms with van der Waals surface area (Å²) in [5.74, 6) is -0.435. The van der Waals surface area contributed by atoms with Gasteiger partial charge in [0.15, 0.2) is 5.65 Å². The fraction of sp³-hybridized carbons (Fsp3) is 0.400. The molecule has 0 saturated heterocycles. The highest BCUT2D eigenvalue weighted by molar-refractivity contribution is 7.99. The zero-order valence-electron chi connectivity index (χ0n) is 12.9. The van der Waals surface area contributed by atoms with Crippen LogP contribution in [0.1, 0.15) is 25.1 Å². The molecule has 1 aromatic carbocycles. The second-order valence-electron chi connectivity index (χ2n) is 5.36. The van der Waals surface area contributed by atoms with Crippen molar-refractivity contribution in [3.8, 4) is 0 Å². The molecule has 0 aliphatic carbocycles. The number of aromatic nitrogens is 4. The summed E-state index contributed by atoms with van der Waals surface area (Å²) in [7, 11) is 0. The molecule has 0 aliphatic rings. The van der Waals surface area contributed by atoms with E-state index in [0.717, 1.165) is 17.2 Å². The molecule has 0 amide bonds. The third-order valence-corrected chi connectivity index (χ3v) is 4.82. The molecule has 3 aromatic rings. The smallest absolute Gasteiger partial charge is 0.396 e. The van der Waals surface area contributed by atoms with Gasteiger partial charge in [-0.3, -0.25) is 4.40 Å². The number of halogens is 4. The summed E-state index contributed by atoms with van der Waals surface area (Å²) in [5.41, 5.74) is 0.666. The maximum atomic E-state index is 13.3. The number of unbranched alkanes of at least 4 members (excludes halogenated alkanes) is 2. The van der Waals surface area contributed by atoms with Gasteiger partial charge >= 0.3 is 6.18 Å². The van der Waals surface area contributed by atoms with Crippen LogP contribution in [0.3, 0.4) is 0 Å². The molecule has 2 heterocycles. The maximum Gasteiger partial charge on any atom is 0.452 e. The summed E-state index contributed by atoms with van der Waals surface area (Å²) in [6.07, 6.45) is -2.29. The predicted octanol–water partition coefficient (Wildman–Crippen LogP) is 4.20. The first-order chi connectivity index (χ1) is 11.9. The van der Waals surface area contributed by atoms with Crippen LogP contribution in [0.15, 0.2) is 23.2 Å². The Morgan fingerprint density at radius 2 is 1.96 bits per heavy atom. The Morgan fingerprint density at radius 1 is 1.16 bits per heavy atom. The normalized spacial score (nSPS) is 12.4. The van der Waals surface area contributed by atoms with Crippen molar-refractivity contribution in [1.82, 2.24) is 19.6 Å². The molecule has 0 radical (unpaired) electrons. The molecule has 0 unspecified atom stereocenters. The van der Waals surface area contributed by atoms with Gasteiger partial charge in [0.2, 0.25) is 5.82 Å². The zero-order valence-corrected chi connectivity index (χ0v) is 14.5. The number of fused-ring (bicyclic) bond motifs is 3. The SMILES string of the molecule is OCCCCCSc1nc2ccc(Cl)cc2n2c(C(F)(F)F)nnc12. The lowest BCUT2D eigenvalue weighted by atomic mass is 10.3. The number of alkyl halides is 3. The van der Waals surface area contributed by atoms with Gasteiger partial charge in [0, 0.05) is 11.6 Å². The molecule has 0 saturated carbocycles. The third-order valence-electron chi connectivity index (χ3n) is 3.55. The molecule has 0 atom stereocenters. The van der Waals surface area contributed by atoms with Crippen molar-refractivity contribution < 1.29 is 18.3 Å². The van der Waals surface area contributed by atoms with Crippen LogP contribution in [0.5, 0.6) is 0 Å². The molecule has 0 bridgehead atoms. The van der Waals surface area contributed by atoms with Crippen molar-refractivity contribution in [1.29, 1.82) is 0 Å². The summed E-state index contributed by atoms with van der Waals surface area (Å²) in [4.78, 5) is 4.42.